The number of hydrogen-bond donors (Lipinski definition) is 6. The number of aliphatic hydroxyl groups excluding tert-OH is 5. The van der Waals surface area contributed by atoms with E-state index in [1.807, 2.05) is 36.4 Å². The standard InChI is InChI=1S/C36H36FNO8/c37-24-13-10-21(11-14-24)28(40)17-16-27-31(38(36(27)45)25-4-2-1-3-5-25)26-15-12-23(18-29(26)41)20-6-8-22(9-7-20)35-34(44)33(43)32(42)30(19-39)46-35/h1-15,18,27-28,30-35,39-44H,16-17,19H2/t27-,28+,30-,31-,32-,33+,34-,35?/m1/s1. The molecule has 8 atom stereocenters. The first kappa shape index (κ1) is 31.8. The number of amides is 1. The van der Waals surface area contributed by atoms with Gasteiger partial charge in [0.25, 0.3) is 0 Å². The molecule has 2 aliphatic rings. The van der Waals surface area contributed by atoms with Gasteiger partial charge in [0.1, 0.15) is 42.1 Å². The fourth-order valence-corrected chi connectivity index (χ4v) is 6.47. The summed E-state index contributed by atoms with van der Waals surface area (Å²) >= 11 is 0. The van der Waals surface area contributed by atoms with E-state index in [0.29, 0.717) is 34.4 Å². The van der Waals surface area contributed by atoms with Crippen molar-refractivity contribution in [2.75, 3.05) is 11.5 Å². The Labute approximate surface area is 265 Å². The van der Waals surface area contributed by atoms with Crippen LogP contribution < -0.4 is 4.90 Å². The van der Waals surface area contributed by atoms with E-state index in [1.54, 1.807) is 41.3 Å². The summed E-state index contributed by atoms with van der Waals surface area (Å²) < 4.78 is 19.0. The molecule has 2 saturated heterocycles. The Morgan fingerprint density at radius 3 is 2.15 bits per heavy atom. The van der Waals surface area contributed by atoms with Gasteiger partial charge in [-0.2, -0.15) is 0 Å². The van der Waals surface area contributed by atoms with Crippen LogP contribution in [-0.2, 0) is 9.53 Å². The van der Waals surface area contributed by atoms with E-state index in [0.717, 1.165) is 5.56 Å². The minimum absolute atomic E-state index is 0.00183. The van der Waals surface area contributed by atoms with Gasteiger partial charge < -0.3 is 40.3 Å². The molecule has 0 aromatic heterocycles. The van der Waals surface area contributed by atoms with Crippen molar-refractivity contribution in [2.45, 2.75) is 55.5 Å². The summed E-state index contributed by atoms with van der Waals surface area (Å²) in [5.74, 6) is -1.01. The molecule has 10 heteroatoms. The van der Waals surface area contributed by atoms with E-state index in [1.165, 1.54) is 24.3 Å². The lowest BCUT2D eigenvalue weighted by Gasteiger charge is -2.48. The number of β-lactam (4-membered cyclic amide) rings is 1. The lowest BCUT2D eigenvalue weighted by Crippen LogP contribution is -2.55. The highest BCUT2D eigenvalue weighted by molar-refractivity contribution is 6.03. The molecule has 0 spiro atoms. The number of anilines is 1. The highest BCUT2D eigenvalue weighted by Crippen LogP contribution is 2.49. The normalized spacial score (nSPS) is 26.9. The third-order valence-electron chi connectivity index (χ3n) is 9.07. The van der Waals surface area contributed by atoms with Crippen LogP contribution in [0.3, 0.4) is 0 Å². The molecule has 9 nitrogen and oxygen atoms in total. The topological polar surface area (TPSA) is 151 Å². The molecule has 0 bridgehead atoms. The number of phenolic OH excluding ortho intramolecular Hbond substituents is 1. The number of benzene rings is 4. The molecule has 0 saturated carbocycles. The maximum atomic E-state index is 13.4. The molecular weight excluding hydrogens is 593 g/mol. The van der Waals surface area contributed by atoms with E-state index >= 15 is 0 Å². The average Bonchev–Trinajstić information content (AvgIpc) is 3.07. The Kier molecular flexibility index (Phi) is 9.19. The van der Waals surface area contributed by atoms with Gasteiger partial charge in [0.05, 0.1) is 24.7 Å². The molecule has 0 aliphatic carbocycles. The summed E-state index contributed by atoms with van der Waals surface area (Å²) in [6, 6.07) is 26.5. The van der Waals surface area contributed by atoms with E-state index in [4.69, 9.17) is 4.74 Å². The van der Waals surface area contributed by atoms with Crippen LogP contribution in [0.2, 0.25) is 0 Å². The summed E-state index contributed by atoms with van der Waals surface area (Å²) in [5.41, 5.74) is 3.81. The van der Waals surface area contributed by atoms with E-state index in [-0.39, 0.29) is 18.1 Å². The summed E-state index contributed by atoms with van der Waals surface area (Å²) in [4.78, 5) is 15.1. The Bertz CT molecular complexity index is 1650. The number of hydrogen-bond acceptors (Lipinski definition) is 8. The van der Waals surface area contributed by atoms with Gasteiger partial charge in [-0.05, 0) is 65.4 Å². The van der Waals surface area contributed by atoms with Crippen molar-refractivity contribution in [1.29, 1.82) is 0 Å². The second-order valence-corrected chi connectivity index (χ2v) is 11.9. The summed E-state index contributed by atoms with van der Waals surface area (Å²) in [5, 5.41) is 62.3. The number of nitrogens with zero attached hydrogens (tertiary/aromatic N) is 1. The van der Waals surface area contributed by atoms with Crippen molar-refractivity contribution in [3.63, 3.8) is 0 Å². The Balaban J connectivity index is 1.23. The molecule has 1 unspecified atom stereocenters. The Hall–Kier alpha value is -4.16. The van der Waals surface area contributed by atoms with Crippen molar-refractivity contribution >= 4 is 11.6 Å². The molecule has 2 fully saturated rings. The van der Waals surface area contributed by atoms with Crippen molar-refractivity contribution in [3.8, 4) is 16.9 Å². The van der Waals surface area contributed by atoms with Gasteiger partial charge in [-0.1, -0.05) is 66.7 Å². The average molecular weight is 630 g/mol. The van der Waals surface area contributed by atoms with E-state index < -0.39 is 61.0 Å². The van der Waals surface area contributed by atoms with Crippen LogP contribution in [0, 0.1) is 11.7 Å². The number of ether oxygens (including phenoxy) is 1. The molecule has 0 radical (unpaired) electrons. The molecule has 2 heterocycles. The number of aromatic hydroxyl groups is 1. The van der Waals surface area contributed by atoms with Crippen LogP contribution in [0.5, 0.6) is 5.75 Å². The van der Waals surface area contributed by atoms with Crippen LogP contribution in [0.4, 0.5) is 10.1 Å². The second kappa shape index (κ2) is 13.3. The number of rotatable bonds is 9. The number of para-hydroxylation sites is 1. The molecule has 1 amide bonds. The van der Waals surface area contributed by atoms with Crippen molar-refractivity contribution in [1.82, 2.24) is 0 Å². The van der Waals surface area contributed by atoms with E-state index in [9.17, 15) is 39.8 Å². The third kappa shape index (κ3) is 6.03. The largest absolute Gasteiger partial charge is 0.508 e. The van der Waals surface area contributed by atoms with Gasteiger partial charge >= 0.3 is 0 Å². The van der Waals surface area contributed by atoms with Crippen LogP contribution in [0.25, 0.3) is 11.1 Å². The fraction of sp³-hybridized carbons (Fsp3) is 0.306. The van der Waals surface area contributed by atoms with Gasteiger partial charge in [-0.25, -0.2) is 4.39 Å². The smallest absolute Gasteiger partial charge is 0.233 e. The quantitative estimate of drug-likeness (QED) is 0.153. The third-order valence-corrected chi connectivity index (χ3v) is 9.07. The zero-order chi connectivity index (χ0) is 32.5. The number of phenols is 1. The number of halogens is 1. The molecule has 6 rings (SSSR count). The van der Waals surface area contributed by atoms with Crippen LogP contribution in [0.1, 0.15) is 47.8 Å². The Morgan fingerprint density at radius 2 is 1.50 bits per heavy atom. The lowest BCUT2D eigenvalue weighted by atomic mass is 9.77. The molecular formula is C36H36FNO8. The molecule has 6 N–H and O–H groups in total. The van der Waals surface area contributed by atoms with Crippen LogP contribution in [0.15, 0.2) is 97.1 Å². The predicted molar refractivity (Wildman–Crippen MR) is 167 cm³/mol. The van der Waals surface area contributed by atoms with Crippen molar-refractivity contribution in [2.24, 2.45) is 5.92 Å². The first-order valence-corrected chi connectivity index (χ1v) is 15.2. The van der Waals surface area contributed by atoms with Crippen LogP contribution >= 0.6 is 0 Å². The molecule has 2 aliphatic heterocycles. The molecule has 4 aromatic rings. The molecule has 46 heavy (non-hydrogen) atoms. The fourth-order valence-electron chi connectivity index (χ4n) is 6.47. The van der Waals surface area contributed by atoms with Gasteiger partial charge in [0.15, 0.2) is 0 Å². The lowest BCUT2D eigenvalue weighted by molar-refractivity contribution is -0.231. The molecule has 240 valence electrons. The predicted octanol–water partition coefficient (Wildman–Crippen LogP) is 3.93. The molecule has 4 aromatic carbocycles. The zero-order valence-electron chi connectivity index (χ0n) is 24.8. The monoisotopic (exact) mass is 629 g/mol. The first-order chi connectivity index (χ1) is 22.2. The Morgan fingerprint density at radius 1 is 0.826 bits per heavy atom. The van der Waals surface area contributed by atoms with Gasteiger partial charge in [0, 0.05) is 11.3 Å². The maximum absolute atomic E-state index is 13.4. The number of carbonyl (C=O) groups excluding carboxylic acids is 1. The number of aliphatic hydroxyl groups is 5. The van der Waals surface area contributed by atoms with Gasteiger partial charge in [-0.3, -0.25) is 4.79 Å². The zero-order valence-corrected chi connectivity index (χ0v) is 24.8. The highest BCUT2D eigenvalue weighted by atomic mass is 19.1. The van der Waals surface area contributed by atoms with Gasteiger partial charge in [0.2, 0.25) is 5.91 Å². The summed E-state index contributed by atoms with van der Waals surface area (Å²) in [7, 11) is 0. The summed E-state index contributed by atoms with van der Waals surface area (Å²) in [6.07, 6.45) is -6.54. The van der Waals surface area contributed by atoms with E-state index in [2.05, 4.69) is 0 Å². The van der Waals surface area contributed by atoms with Crippen molar-refractivity contribution in [3.05, 3.63) is 120 Å². The summed E-state index contributed by atoms with van der Waals surface area (Å²) in [6.45, 7) is -0.519. The second-order valence-electron chi connectivity index (χ2n) is 11.9. The van der Waals surface area contributed by atoms with Gasteiger partial charge in [-0.15, -0.1) is 0 Å². The SMILES string of the molecule is O=C1[C@H](CC[C@H](O)c2ccc(F)cc2)[C@@H](c2ccc(-c3ccc(C4O[C@H](CO)[C@@H](O)[C@H](O)[C@H]4O)cc3)cc2O)N1c1ccccc1. The van der Waals surface area contributed by atoms with Crippen molar-refractivity contribution < 1.29 is 44.6 Å². The minimum atomic E-state index is -1.48. The minimum Gasteiger partial charge on any atom is -0.508 e. The maximum Gasteiger partial charge on any atom is 0.233 e. The highest BCUT2D eigenvalue weighted by Gasteiger charge is 2.49. The first-order valence-electron chi connectivity index (χ1n) is 15.2. The number of carbonyl (C=O) groups is 1. The van der Waals surface area contributed by atoms with Crippen LogP contribution in [-0.4, -0.2) is 67.6 Å².